The molecule has 10 aromatic rings. The van der Waals surface area contributed by atoms with Gasteiger partial charge < -0.3 is 60.8 Å². The summed E-state index contributed by atoms with van der Waals surface area (Å²) in [5.41, 5.74) is 16.5. The Morgan fingerprint density at radius 1 is 0.586 bits per heavy atom. The molecule has 4 N–H and O–H groups in total. The molecule has 31 nitrogen and oxygen atoms in total. The van der Waals surface area contributed by atoms with Crippen LogP contribution in [0.15, 0.2) is 109 Å². The Labute approximate surface area is 816 Å². The van der Waals surface area contributed by atoms with Crippen molar-refractivity contribution in [1.29, 1.82) is 0 Å². The van der Waals surface area contributed by atoms with Gasteiger partial charge in [-0.15, -0.1) is 5.10 Å². The second-order valence-electron chi connectivity index (χ2n) is 39.5. The number of nitrogens with zero attached hydrogens (tertiary/aromatic N) is 15. The predicted octanol–water partition coefficient (Wildman–Crippen LogP) is 15.6. The zero-order valence-electron chi connectivity index (χ0n) is 82.5. The lowest BCUT2D eigenvalue weighted by atomic mass is 9.81. The van der Waals surface area contributed by atoms with E-state index in [2.05, 4.69) is 115 Å². The summed E-state index contributed by atoms with van der Waals surface area (Å²) in [6, 6.07) is 34.3. The van der Waals surface area contributed by atoms with Gasteiger partial charge in [-0.1, -0.05) is 81.5 Å². The number of allylic oxidation sites excluding steroid dienone is 2. The van der Waals surface area contributed by atoms with E-state index in [4.69, 9.17) is 24.1 Å². The minimum Gasteiger partial charge on any atom is -0.497 e. The number of amides is 3. The number of piperazine rings is 2. The van der Waals surface area contributed by atoms with Crippen molar-refractivity contribution in [1.82, 2.24) is 83.1 Å². The first-order valence-electron chi connectivity index (χ1n) is 49.5. The summed E-state index contributed by atoms with van der Waals surface area (Å²) in [6.07, 6.45) is 27.3. The molecule has 7 aliphatic heterocycles. The van der Waals surface area contributed by atoms with Crippen LogP contribution in [0, 0.1) is 0 Å². The zero-order valence-corrected chi connectivity index (χ0v) is 84.1. The normalized spacial score (nSPS) is 19.9. The number of hydrogen-bond donors (Lipinski definition) is 4. The molecule has 12 heterocycles. The maximum absolute atomic E-state index is 14.7. The smallest absolute Gasteiger partial charge is 0.497 e. The molecule has 752 valence electrons. The third kappa shape index (κ3) is 22.0. The molecule has 21 rings (SSSR count). The molecule has 5 saturated heterocycles. The van der Waals surface area contributed by atoms with Crippen molar-refractivity contribution in [3.8, 4) is 34.0 Å². The summed E-state index contributed by atoms with van der Waals surface area (Å²) in [7, 11) is -0.590. The number of likely N-dealkylation sites (N-methyl/N-ethyl adjacent to an activating group) is 3. The number of amidine groups is 1. The Kier molecular flexibility index (Phi) is 31.4. The Bertz CT molecular complexity index is 6560. The highest BCUT2D eigenvalue weighted by Crippen LogP contribution is 2.52. The summed E-state index contributed by atoms with van der Waals surface area (Å²) >= 11 is 0. The molecular formula is C102H133BF4N18O13S2. The number of likely N-dealkylation sites (tertiary alicyclic amines) is 3. The van der Waals surface area contributed by atoms with E-state index in [1.165, 1.54) is 74.9 Å². The van der Waals surface area contributed by atoms with E-state index in [-0.39, 0.29) is 40.7 Å². The standard InChI is InChI=1S/C43H52N6O5S.C36H40N4O6S.C11H16N5O.C7H14N2.C5H11NO.BF4/c1-5-46-24-33-21-32(46)25-47(33)43(51)37-22-44-49(31-12-9-13-31)40(37)30-18-29-19-34(54-4)15-17-35(29)41-39(27-10-7-6-8-11-27)36-16-14-28(20-38(36)48(41)23-30)42(50)45-55(52,53)26(2)3;1-21(2)47(44,45)38-35(41)23-12-14-29-31(18-23)39-20-25(33-30(36(42)43)19-37-40(33)26-10-7-11-26)16-24-17-27(46-3)13-15-28(24)34(39)32(29)22-8-5-4-6-9-22;1-14(2)11(15(3)4)17-16-10-8-6-5-7-9(10)12-13-16;1-2-9-5-6-3-7(9)4-8-6;1-6-2-4-7-5-3-6;2-1(3,4)5/h14-20,22,26-27,31-33H,5-13,21,23-25H2,1-4H3,(H,45,50);12-19,21-22,26H,4-11,20H2,1-3H3,(H,38,41)(H,42,43);5-8H,1-4H3;6-8H,2-5H2,1H3;2-5H2,1H3;/q;;+1;;;-1/t32-,33-;;;6-,7-;;/m1..1../s1. The Hall–Kier alpha value is -11.3. The van der Waals surface area contributed by atoms with Crippen LogP contribution in [0.25, 0.3) is 78.7 Å². The van der Waals surface area contributed by atoms with Gasteiger partial charge in [0.2, 0.25) is 20.0 Å². The number of carbonyl (C=O) groups is 4. The molecule has 9 fully saturated rings. The maximum atomic E-state index is 14.7. The van der Waals surface area contributed by atoms with Crippen LogP contribution < -0.4 is 29.1 Å². The van der Waals surface area contributed by atoms with Gasteiger partial charge >= 0.3 is 19.2 Å². The third-order valence-corrected chi connectivity index (χ3v) is 32.8. The van der Waals surface area contributed by atoms with E-state index >= 15 is 0 Å². The van der Waals surface area contributed by atoms with Gasteiger partial charge in [0.05, 0.1) is 132 Å². The number of aromatic carboxylic acids is 1. The van der Waals surface area contributed by atoms with Crippen LogP contribution in [0.4, 0.5) is 17.3 Å². The molecule has 38 heteroatoms. The fraction of sp³-hybridized carbons (Fsp3) is 0.520. The minimum atomic E-state index is -6.00. The first kappa shape index (κ1) is 102. The second kappa shape index (κ2) is 43.3. The molecule has 4 bridgehead atoms. The van der Waals surface area contributed by atoms with Gasteiger partial charge in [0, 0.05) is 107 Å². The van der Waals surface area contributed by atoms with Crippen LogP contribution in [0.1, 0.15) is 256 Å². The zero-order chi connectivity index (χ0) is 99.5. The summed E-state index contributed by atoms with van der Waals surface area (Å²) < 4.78 is 121. The average Bonchev–Trinajstić information content (AvgIpc) is 1.57. The molecule has 5 aromatic heterocycles. The summed E-state index contributed by atoms with van der Waals surface area (Å²) in [5.74, 6) is -0.234. The summed E-state index contributed by atoms with van der Waals surface area (Å²) in [5, 5.41) is 31.9. The van der Waals surface area contributed by atoms with Crippen molar-refractivity contribution < 1.29 is 82.0 Å². The number of aromatic nitrogens is 9. The molecule has 5 aromatic carbocycles. The van der Waals surface area contributed by atoms with Gasteiger partial charge in [0.1, 0.15) is 28.1 Å². The first-order chi connectivity index (χ1) is 67.0. The molecule has 140 heavy (non-hydrogen) atoms. The number of methoxy groups -OCH3 is 2. The van der Waals surface area contributed by atoms with E-state index < -0.39 is 55.6 Å². The van der Waals surface area contributed by atoms with Crippen molar-refractivity contribution in [2.75, 3.05) is 115 Å². The molecule has 4 atom stereocenters. The van der Waals surface area contributed by atoms with Crippen LogP contribution in [0.2, 0.25) is 0 Å². The van der Waals surface area contributed by atoms with Crippen molar-refractivity contribution in [2.24, 2.45) is 0 Å². The Morgan fingerprint density at radius 2 is 1.07 bits per heavy atom. The number of morpholine rings is 1. The van der Waals surface area contributed by atoms with Gasteiger partial charge in [0.15, 0.2) is 0 Å². The van der Waals surface area contributed by atoms with Crippen molar-refractivity contribution in [2.45, 2.75) is 229 Å². The van der Waals surface area contributed by atoms with E-state index in [9.17, 15) is 58.4 Å². The number of carboxylic acid groups (broad SMARTS) is 1. The lowest BCUT2D eigenvalue weighted by molar-refractivity contribution is -0.480. The highest BCUT2D eigenvalue weighted by molar-refractivity contribution is 7.90. The van der Waals surface area contributed by atoms with Gasteiger partial charge in [-0.2, -0.15) is 10.2 Å². The summed E-state index contributed by atoms with van der Waals surface area (Å²) in [4.78, 5) is 72.7. The minimum absolute atomic E-state index is 0.0469. The van der Waals surface area contributed by atoms with Crippen LogP contribution in [-0.4, -0.2) is 282 Å². The van der Waals surface area contributed by atoms with Gasteiger partial charge in [-0.25, -0.2) is 40.5 Å². The van der Waals surface area contributed by atoms with E-state index in [1.54, 1.807) is 52.5 Å². The number of sulfonamides is 2. The molecule has 11 aliphatic rings. The summed E-state index contributed by atoms with van der Waals surface area (Å²) in [6.45, 7) is 21.8. The second-order valence-corrected chi connectivity index (χ2v) is 44.0. The van der Waals surface area contributed by atoms with E-state index in [0.717, 1.165) is 243 Å². The number of halogens is 4. The third-order valence-electron chi connectivity index (χ3n) is 29.4. The fourth-order valence-corrected chi connectivity index (χ4v) is 22.8. The van der Waals surface area contributed by atoms with E-state index in [0.29, 0.717) is 54.0 Å². The van der Waals surface area contributed by atoms with Crippen LogP contribution in [0.5, 0.6) is 11.5 Å². The number of fused-ring (bicyclic) bond motifs is 15. The predicted molar refractivity (Wildman–Crippen MR) is 537 cm³/mol. The monoisotopic (exact) mass is 1970 g/mol. The number of nitrogens with one attached hydrogen (secondary N) is 3. The Morgan fingerprint density at radius 3 is 1.47 bits per heavy atom. The molecule has 4 aliphatic carbocycles. The number of carboxylic acids is 1. The van der Waals surface area contributed by atoms with Gasteiger partial charge in [-0.05, 0) is 260 Å². The number of rotatable bonds is 19. The lowest BCUT2D eigenvalue weighted by Gasteiger charge is -2.34. The number of benzene rings is 5. The highest BCUT2D eigenvalue weighted by atomic mass is 32.2. The van der Waals surface area contributed by atoms with Crippen LogP contribution in [0.3, 0.4) is 0 Å². The quantitative estimate of drug-likeness (QED) is 0.0192. The van der Waals surface area contributed by atoms with Crippen molar-refractivity contribution in [3.63, 3.8) is 0 Å². The molecule has 3 amide bonds. The van der Waals surface area contributed by atoms with Gasteiger partial charge in [-0.3, -0.25) is 38.4 Å². The topological polar surface area (TPSA) is 325 Å². The fourth-order valence-electron chi connectivity index (χ4n) is 21.5. The number of carbonyl (C=O) groups excluding carboxylic acids is 3. The molecule has 0 unspecified atom stereocenters. The number of ether oxygens (including phenoxy) is 3. The molecular weight excluding hydrogens is 1840 g/mol. The lowest BCUT2D eigenvalue weighted by Crippen LogP contribution is -2.48. The number of para-hydroxylation sites is 1. The SMILES string of the molecule is CCN1C[C@H]2C[C@@H]1CN2.CCN1C[C@H]2C[C@@H]1CN2C(=O)c1cnn(C2CCC2)c1C1=Cc2cc(OC)ccc2-c2c(C3CCCCC3)c3ccc(C(=O)NS(=O)(=O)C(C)C)cc3n2C1.CN(C)C(On1nnc2ccccc21)=[N+](C)C.CN1CCOCC1.COc1ccc2c(c1)C=C(c1c(C(=O)O)cnn1C1CCC1)Cn1c-2c(C2CCCCC2)c2ccc(C(=O)NS(=O)(=O)C(C)C)cc21.F[B-](F)(F)F. The highest BCUT2D eigenvalue weighted by Gasteiger charge is 2.47. The molecule has 4 saturated carbocycles. The molecule has 0 radical (unpaired) electrons. The number of hydrogen-bond acceptors (Lipinski definition) is 20. The van der Waals surface area contributed by atoms with Gasteiger partial charge in [0.25, 0.3) is 17.7 Å². The van der Waals surface area contributed by atoms with Crippen molar-refractivity contribution >= 4 is 113 Å². The van der Waals surface area contributed by atoms with Crippen LogP contribution >= 0.6 is 0 Å². The first-order valence-corrected chi connectivity index (χ1v) is 52.6. The van der Waals surface area contributed by atoms with Crippen LogP contribution in [-0.2, 0) is 37.9 Å². The molecule has 0 spiro atoms. The Balaban J connectivity index is 0.000000147. The van der Waals surface area contributed by atoms with E-state index in [1.807, 2.05) is 103 Å². The average molecular weight is 1970 g/mol. The maximum Gasteiger partial charge on any atom is 0.673 e. The van der Waals surface area contributed by atoms with Crippen molar-refractivity contribution in [3.05, 3.63) is 165 Å². The largest absolute Gasteiger partial charge is 0.673 e.